The van der Waals surface area contributed by atoms with E-state index in [2.05, 4.69) is 22.2 Å². The van der Waals surface area contributed by atoms with Gasteiger partial charge in [0.1, 0.15) is 0 Å². The molecule has 1 amide bonds. The minimum absolute atomic E-state index is 0.0229. The Balaban J connectivity index is 1.70. The van der Waals surface area contributed by atoms with Crippen molar-refractivity contribution in [1.29, 1.82) is 0 Å². The third kappa shape index (κ3) is 6.66. The minimum atomic E-state index is -3.10. The molecule has 1 unspecified atom stereocenters. The topological polar surface area (TPSA) is 69.7 Å². The molecule has 2 aromatic rings. The average molecular weight is 416 g/mol. The monoisotopic (exact) mass is 415 g/mol. The Labute approximate surface area is 173 Å². The summed E-state index contributed by atoms with van der Waals surface area (Å²) >= 11 is 0. The fraction of sp³-hybridized carbons (Fsp3) is 0.409. The van der Waals surface area contributed by atoms with Gasteiger partial charge in [-0.15, -0.1) is 0 Å². The molecule has 1 heterocycles. The molecule has 0 radical (unpaired) electrons. The van der Waals surface area contributed by atoms with E-state index in [0.717, 1.165) is 38.3 Å². The van der Waals surface area contributed by atoms with Crippen LogP contribution in [0.1, 0.15) is 27.5 Å². The van der Waals surface area contributed by atoms with Crippen LogP contribution in [0.15, 0.2) is 54.6 Å². The number of likely N-dealkylation sites (N-methyl/N-ethyl adjacent to an activating group) is 1. The molecule has 1 aliphatic rings. The van der Waals surface area contributed by atoms with Gasteiger partial charge >= 0.3 is 0 Å². The Hall–Kier alpha value is -2.22. The van der Waals surface area contributed by atoms with Crippen LogP contribution in [0.2, 0.25) is 0 Å². The molecule has 0 saturated carbocycles. The molecule has 0 aromatic heterocycles. The first-order chi connectivity index (χ1) is 13.8. The second-order valence-corrected chi connectivity index (χ2v) is 9.95. The van der Waals surface area contributed by atoms with Crippen molar-refractivity contribution in [2.24, 2.45) is 0 Å². The molecular formula is C22H29N3O3S. The lowest BCUT2D eigenvalue weighted by atomic mass is 10.0. The highest BCUT2D eigenvalue weighted by Crippen LogP contribution is 2.17. The SMILES string of the molecule is CN1CCN(CC(NC(=O)c2ccc(CS(C)(=O)=O)cc2)c2ccccc2)CC1. The van der Waals surface area contributed by atoms with Crippen molar-refractivity contribution in [3.8, 4) is 0 Å². The number of rotatable bonds is 7. The van der Waals surface area contributed by atoms with Gasteiger partial charge in [-0.05, 0) is 30.3 Å². The summed E-state index contributed by atoms with van der Waals surface area (Å²) in [7, 11) is -0.969. The second kappa shape index (κ2) is 9.52. The van der Waals surface area contributed by atoms with Crippen LogP contribution in [0.4, 0.5) is 0 Å². The molecule has 7 heteroatoms. The van der Waals surface area contributed by atoms with E-state index in [1.807, 2.05) is 30.3 Å². The molecule has 1 N–H and O–H groups in total. The normalized spacial score (nSPS) is 17.0. The molecule has 29 heavy (non-hydrogen) atoms. The Kier molecular flexibility index (Phi) is 7.05. The number of carbonyl (C=O) groups excluding carboxylic acids is 1. The molecule has 0 bridgehead atoms. The molecule has 1 fully saturated rings. The summed E-state index contributed by atoms with van der Waals surface area (Å²) in [6.45, 7) is 4.77. The highest BCUT2D eigenvalue weighted by atomic mass is 32.2. The van der Waals surface area contributed by atoms with E-state index < -0.39 is 9.84 Å². The van der Waals surface area contributed by atoms with Crippen LogP contribution < -0.4 is 5.32 Å². The van der Waals surface area contributed by atoms with Crippen LogP contribution >= 0.6 is 0 Å². The maximum absolute atomic E-state index is 12.9. The van der Waals surface area contributed by atoms with Gasteiger partial charge in [-0.25, -0.2) is 8.42 Å². The molecule has 0 spiro atoms. The average Bonchev–Trinajstić information content (AvgIpc) is 2.69. The lowest BCUT2D eigenvalue weighted by molar-refractivity contribution is 0.0907. The largest absolute Gasteiger partial charge is 0.344 e. The number of amides is 1. The molecule has 6 nitrogen and oxygen atoms in total. The molecule has 1 atom stereocenters. The van der Waals surface area contributed by atoms with Gasteiger partial charge in [0.25, 0.3) is 5.91 Å². The molecule has 2 aromatic carbocycles. The summed E-state index contributed by atoms with van der Waals surface area (Å²) in [5, 5.41) is 3.16. The molecular weight excluding hydrogens is 386 g/mol. The van der Waals surface area contributed by atoms with Crippen LogP contribution in [-0.2, 0) is 15.6 Å². The van der Waals surface area contributed by atoms with Crippen LogP contribution in [0.5, 0.6) is 0 Å². The van der Waals surface area contributed by atoms with E-state index in [9.17, 15) is 13.2 Å². The van der Waals surface area contributed by atoms with E-state index in [4.69, 9.17) is 0 Å². The van der Waals surface area contributed by atoms with E-state index in [1.54, 1.807) is 24.3 Å². The van der Waals surface area contributed by atoms with Gasteiger partial charge in [-0.1, -0.05) is 42.5 Å². The number of nitrogens with one attached hydrogen (secondary N) is 1. The summed E-state index contributed by atoms with van der Waals surface area (Å²) in [4.78, 5) is 17.6. The van der Waals surface area contributed by atoms with Gasteiger partial charge in [0.2, 0.25) is 0 Å². The van der Waals surface area contributed by atoms with Crippen LogP contribution in [0, 0.1) is 0 Å². The number of nitrogens with zero attached hydrogens (tertiary/aromatic N) is 2. The number of carbonyl (C=O) groups is 1. The summed E-state index contributed by atoms with van der Waals surface area (Å²) in [5.74, 6) is -0.177. The molecule has 3 rings (SSSR count). The Morgan fingerprint density at radius 3 is 2.21 bits per heavy atom. The lowest BCUT2D eigenvalue weighted by Gasteiger charge is -2.35. The molecule has 0 aliphatic carbocycles. The number of piperazine rings is 1. The van der Waals surface area contributed by atoms with Crippen molar-refractivity contribution < 1.29 is 13.2 Å². The minimum Gasteiger partial charge on any atom is -0.344 e. The smallest absolute Gasteiger partial charge is 0.251 e. The molecule has 156 valence electrons. The van der Waals surface area contributed by atoms with Gasteiger partial charge in [-0.2, -0.15) is 0 Å². The first-order valence-electron chi connectivity index (χ1n) is 9.83. The third-order valence-corrected chi connectivity index (χ3v) is 6.05. The Morgan fingerprint density at radius 2 is 1.62 bits per heavy atom. The summed E-state index contributed by atoms with van der Waals surface area (Å²) in [5.41, 5.74) is 2.29. The highest BCUT2D eigenvalue weighted by molar-refractivity contribution is 7.89. The molecule has 1 saturated heterocycles. The van der Waals surface area contributed by atoms with E-state index in [0.29, 0.717) is 11.1 Å². The number of hydrogen-bond donors (Lipinski definition) is 1. The predicted molar refractivity (Wildman–Crippen MR) is 116 cm³/mol. The van der Waals surface area contributed by atoms with Gasteiger partial charge in [0.15, 0.2) is 9.84 Å². The quantitative estimate of drug-likeness (QED) is 0.749. The zero-order valence-electron chi connectivity index (χ0n) is 17.0. The van der Waals surface area contributed by atoms with Crippen molar-refractivity contribution in [3.05, 3.63) is 71.3 Å². The Morgan fingerprint density at radius 1 is 1.00 bits per heavy atom. The van der Waals surface area contributed by atoms with Crippen molar-refractivity contribution in [2.75, 3.05) is 46.0 Å². The van der Waals surface area contributed by atoms with Gasteiger partial charge in [0.05, 0.1) is 11.8 Å². The summed E-state index contributed by atoms with van der Waals surface area (Å²) in [6.07, 6.45) is 1.20. The van der Waals surface area contributed by atoms with E-state index in [-0.39, 0.29) is 17.7 Å². The standard InChI is InChI=1S/C22H29N3O3S/c1-24-12-14-25(15-13-24)16-21(19-6-4-3-5-7-19)23-22(26)20-10-8-18(9-11-20)17-29(2,27)28/h3-11,21H,12-17H2,1-2H3,(H,23,26). The number of sulfone groups is 1. The van der Waals surface area contributed by atoms with Crippen molar-refractivity contribution in [3.63, 3.8) is 0 Å². The zero-order valence-corrected chi connectivity index (χ0v) is 17.9. The van der Waals surface area contributed by atoms with Gasteiger partial charge < -0.3 is 10.2 Å². The highest BCUT2D eigenvalue weighted by Gasteiger charge is 2.21. The first-order valence-corrected chi connectivity index (χ1v) is 11.9. The summed E-state index contributed by atoms with van der Waals surface area (Å²) < 4.78 is 22.9. The van der Waals surface area contributed by atoms with E-state index in [1.165, 1.54) is 6.26 Å². The lowest BCUT2D eigenvalue weighted by Crippen LogP contribution is -2.47. The zero-order chi connectivity index (χ0) is 20.9. The van der Waals surface area contributed by atoms with Crippen LogP contribution in [-0.4, -0.2) is 70.2 Å². The predicted octanol–water partition coefficient (Wildman–Crippen LogP) is 1.95. The first kappa shape index (κ1) is 21.5. The van der Waals surface area contributed by atoms with Gasteiger partial charge in [0, 0.05) is 44.5 Å². The third-order valence-electron chi connectivity index (χ3n) is 5.19. The van der Waals surface area contributed by atoms with Gasteiger partial charge in [-0.3, -0.25) is 9.69 Å². The maximum atomic E-state index is 12.9. The van der Waals surface area contributed by atoms with Crippen molar-refractivity contribution >= 4 is 15.7 Å². The number of benzene rings is 2. The number of hydrogen-bond acceptors (Lipinski definition) is 5. The van der Waals surface area contributed by atoms with Crippen molar-refractivity contribution in [2.45, 2.75) is 11.8 Å². The maximum Gasteiger partial charge on any atom is 0.251 e. The molecule has 1 aliphatic heterocycles. The van der Waals surface area contributed by atoms with Crippen molar-refractivity contribution in [1.82, 2.24) is 15.1 Å². The fourth-order valence-electron chi connectivity index (χ4n) is 3.51. The summed E-state index contributed by atoms with van der Waals surface area (Å²) in [6, 6.07) is 16.7. The van der Waals surface area contributed by atoms with Crippen LogP contribution in [0.25, 0.3) is 0 Å². The van der Waals surface area contributed by atoms with Crippen LogP contribution in [0.3, 0.4) is 0 Å². The second-order valence-electron chi connectivity index (χ2n) is 7.81. The Bertz CT molecular complexity index is 906. The van der Waals surface area contributed by atoms with E-state index >= 15 is 0 Å². The fourth-order valence-corrected chi connectivity index (χ4v) is 4.30.